The summed E-state index contributed by atoms with van der Waals surface area (Å²) in [6.07, 6.45) is 3.13. The number of anilines is 1. The molecule has 3 atom stereocenters. The third-order valence-corrected chi connectivity index (χ3v) is 5.55. The summed E-state index contributed by atoms with van der Waals surface area (Å²) in [5.41, 5.74) is 0. The van der Waals surface area contributed by atoms with E-state index in [0.29, 0.717) is 12.5 Å². The molecule has 1 amide bonds. The highest BCUT2D eigenvalue weighted by molar-refractivity contribution is 7.15. The number of nitrogens with zero attached hydrogens (tertiary/aromatic N) is 3. The van der Waals surface area contributed by atoms with Gasteiger partial charge < -0.3 is 19.4 Å². The number of fused-ring (bicyclic) bond motifs is 1. The second-order valence-electron chi connectivity index (χ2n) is 6.29. The molecule has 0 saturated carbocycles. The lowest BCUT2D eigenvalue weighted by atomic mass is 9.92. The van der Waals surface area contributed by atoms with Gasteiger partial charge in [-0.3, -0.25) is 4.79 Å². The van der Waals surface area contributed by atoms with Crippen LogP contribution >= 0.6 is 11.3 Å². The fraction of sp³-hybridized carbons (Fsp3) is 0.562. The number of furan rings is 1. The smallest absolute Gasteiger partial charge is 0.249 e. The molecule has 2 fully saturated rings. The molecule has 4 heterocycles. The number of nitrogens with one attached hydrogen (secondary N) is 1. The van der Waals surface area contributed by atoms with E-state index < -0.39 is 0 Å². The molecule has 0 bridgehead atoms. The Kier molecular flexibility index (Phi) is 4.24. The quantitative estimate of drug-likeness (QED) is 0.906. The minimum atomic E-state index is -0.369. The van der Waals surface area contributed by atoms with Gasteiger partial charge >= 0.3 is 0 Å². The van der Waals surface area contributed by atoms with Crippen molar-refractivity contribution in [3.05, 3.63) is 29.2 Å². The zero-order valence-corrected chi connectivity index (χ0v) is 14.3. The lowest BCUT2D eigenvalue weighted by molar-refractivity contribution is -0.132. The number of hydrogen-bond acceptors (Lipinski definition) is 7. The van der Waals surface area contributed by atoms with Crippen LogP contribution in [0.15, 0.2) is 22.8 Å². The number of hydrogen-bond donors (Lipinski definition) is 1. The van der Waals surface area contributed by atoms with Crippen molar-refractivity contribution in [2.45, 2.75) is 38.5 Å². The molecule has 0 unspecified atom stereocenters. The Morgan fingerprint density at radius 3 is 3.17 bits per heavy atom. The Morgan fingerprint density at radius 1 is 1.50 bits per heavy atom. The number of carbonyl (C=O) groups is 1. The van der Waals surface area contributed by atoms with E-state index in [2.05, 4.69) is 20.4 Å². The summed E-state index contributed by atoms with van der Waals surface area (Å²) in [6, 6.07) is 3.66. The third kappa shape index (κ3) is 3.16. The Morgan fingerprint density at radius 2 is 2.42 bits per heavy atom. The summed E-state index contributed by atoms with van der Waals surface area (Å²) in [5.74, 6) is 1.13. The Balaban J connectivity index is 1.33. The molecule has 4 rings (SSSR count). The highest BCUT2D eigenvalue weighted by Gasteiger charge is 2.42. The van der Waals surface area contributed by atoms with Crippen LogP contribution in [0, 0.1) is 12.8 Å². The molecule has 0 aromatic carbocycles. The maximum atomic E-state index is 12.3. The van der Waals surface area contributed by atoms with Crippen molar-refractivity contribution in [2.75, 3.05) is 18.0 Å². The fourth-order valence-corrected chi connectivity index (χ4v) is 4.11. The Bertz CT molecular complexity index is 702. The first-order valence-corrected chi connectivity index (χ1v) is 9.01. The van der Waals surface area contributed by atoms with Crippen molar-refractivity contribution < 1.29 is 13.9 Å². The van der Waals surface area contributed by atoms with Crippen molar-refractivity contribution >= 4 is 22.4 Å². The van der Waals surface area contributed by atoms with E-state index >= 15 is 0 Å². The number of amides is 1. The molecule has 8 heteroatoms. The standard InChI is InChI=1S/C16H20N4O3S/c1-10-18-19-16(24-10)20-5-4-11-7-13(23-14(11)9-20)15(21)17-8-12-3-2-6-22-12/h2-3,6,11,13-14H,4-5,7-9H2,1H3,(H,17,21)/t11-,13-,14+/m0/s1. The topological polar surface area (TPSA) is 80.5 Å². The first-order chi connectivity index (χ1) is 11.7. The van der Waals surface area contributed by atoms with Gasteiger partial charge in [-0.2, -0.15) is 0 Å². The second-order valence-corrected chi connectivity index (χ2v) is 7.45. The van der Waals surface area contributed by atoms with E-state index in [9.17, 15) is 4.79 Å². The third-order valence-electron chi connectivity index (χ3n) is 4.65. The number of carbonyl (C=O) groups excluding carboxylic acids is 1. The van der Waals surface area contributed by atoms with Gasteiger partial charge in [-0.05, 0) is 37.8 Å². The highest BCUT2D eigenvalue weighted by Crippen LogP contribution is 2.35. The molecule has 2 aliphatic rings. The van der Waals surface area contributed by atoms with Gasteiger partial charge in [0.25, 0.3) is 0 Å². The molecule has 0 aliphatic carbocycles. The molecule has 2 aromatic heterocycles. The molecule has 7 nitrogen and oxygen atoms in total. The van der Waals surface area contributed by atoms with Crippen LogP contribution < -0.4 is 10.2 Å². The fourth-order valence-electron chi connectivity index (χ4n) is 3.39. The summed E-state index contributed by atoms with van der Waals surface area (Å²) in [7, 11) is 0. The summed E-state index contributed by atoms with van der Waals surface area (Å²) in [4.78, 5) is 14.5. The van der Waals surface area contributed by atoms with Gasteiger partial charge in [-0.25, -0.2) is 0 Å². The minimum Gasteiger partial charge on any atom is -0.467 e. The minimum absolute atomic E-state index is 0.0564. The molecule has 2 aromatic rings. The summed E-state index contributed by atoms with van der Waals surface area (Å²) in [6.45, 7) is 4.08. The molecule has 24 heavy (non-hydrogen) atoms. The maximum Gasteiger partial charge on any atom is 0.249 e. The highest BCUT2D eigenvalue weighted by atomic mass is 32.1. The van der Waals surface area contributed by atoms with Gasteiger partial charge in [-0.1, -0.05) is 11.3 Å². The van der Waals surface area contributed by atoms with Crippen LogP contribution in [0.1, 0.15) is 23.6 Å². The van der Waals surface area contributed by atoms with E-state index in [0.717, 1.165) is 41.8 Å². The lowest BCUT2D eigenvalue weighted by Crippen LogP contribution is -2.42. The zero-order chi connectivity index (χ0) is 16.5. The number of aromatic nitrogens is 2. The van der Waals surface area contributed by atoms with Gasteiger partial charge in [0.15, 0.2) is 0 Å². The van der Waals surface area contributed by atoms with Gasteiger partial charge in [0, 0.05) is 13.1 Å². The number of aryl methyl sites for hydroxylation is 1. The van der Waals surface area contributed by atoms with Crippen molar-refractivity contribution in [3.8, 4) is 0 Å². The van der Waals surface area contributed by atoms with Gasteiger partial charge in [0.1, 0.15) is 16.9 Å². The van der Waals surface area contributed by atoms with Crippen LogP contribution in [0.25, 0.3) is 0 Å². The van der Waals surface area contributed by atoms with Crippen molar-refractivity contribution in [3.63, 3.8) is 0 Å². The largest absolute Gasteiger partial charge is 0.467 e. The lowest BCUT2D eigenvalue weighted by Gasteiger charge is -2.33. The zero-order valence-electron chi connectivity index (χ0n) is 13.5. The predicted molar refractivity (Wildman–Crippen MR) is 88.8 cm³/mol. The molecular weight excluding hydrogens is 328 g/mol. The van der Waals surface area contributed by atoms with Crippen LogP contribution in [0.5, 0.6) is 0 Å². The van der Waals surface area contributed by atoms with E-state index in [4.69, 9.17) is 9.15 Å². The molecule has 0 radical (unpaired) electrons. The monoisotopic (exact) mass is 348 g/mol. The SMILES string of the molecule is Cc1nnc(N2CC[C@H]3C[C@@H](C(=O)NCc4ccco4)O[C@@H]3C2)s1. The molecule has 2 aliphatic heterocycles. The molecule has 128 valence electrons. The predicted octanol–water partition coefficient (Wildman–Crippen LogP) is 1.74. The van der Waals surface area contributed by atoms with E-state index in [1.807, 2.05) is 19.1 Å². The molecule has 0 spiro atoms. The number of piperidine rings is 1. The number of rotatable bonds is 4. The van der Waals surface area contributed by atoms with Crippen molar-refractivity contribution in [1.29, 1.82) is 0 Å². The van der Waals surface area contributed by atoms with Gasteiger partial charge in [0.05, 0.1) is 18.9 Å². The molecular formula is C16H20N4O3S. The Labute approximate surface area is 144 Å². The first-order valence-electron chi connectivity index (χ1n) is 8.19. The van der Waals surface area contributed by atoms with E-state index in [1.54, 1.807) is 17.6 Å². The average molecular weight is 348 g/mol. The molecule has 1 N–H and O–H groups in total. The van der Waals surface area contributed by atoms with Crippen LogP contribution in [0.2, 0.25) is 0 Å². The van der Waals surface area contributed by atoms with Crippen LogP contribution in [-0.2, 0) is 16.1 Å². The van der Waals surface area contributed by atoms with Gasteiger partial charge in [-0.15, -0.1) is 10.2 Å². The Hall–Kier alpha value is -1.93. The van der Waals surface area contributed by atoms with Crippen molar-refractivity contribution in [2.24, 2.45) is 5.92 Å². The number of ether oxygens (including phenoxy) is 1. The summed E-state index contributed by atoms with van der Waals surface area (Å²) in [5, 5.41) is 13.1. The molecule has 2 saturated heterocycles. The van der Waals surface area contributed by atoms with Crippen LogP contribution in [0.3, 0.4) is 0 Å². The maximum absolute atomic E-state index is 12.3. The van der Waals surface area contributed by atoms with E-state index in [-0.39, 0.29) is 18.1 Å². The van der Waals surface area contributed by atoms with E-state index in [1.165, 1.54) is 0 Å². The van der Waals surface area contributed by atoms with Gasteiger partial charge in [0.2, 0.25) is 11.0 Å². The van der Waals surface area contributed by atoms with Crippen LogP contribution in [-0.4, -0.2) is 41.4 Å². The van der Waals surface area contributed by atoms with Crippen molar-refractivity contribution in [1.82, 2.24) is 15.5 Å². The second kappa shape index (κ2) is 6.52. The normalized spacial score (nSPS) is 26.4. The average Bonchev–Trinajstić information content (AvgIpc) is 3.31. The first kappa shape index (κ1) is 15.6. The summed E-state index contributed by atoms with van der Waals surface area (Å²) >= 11 is 1.60. The summed E-state index contributed by atoms with van der Waals surface area (Å²) < 4.78 is 11.3. The van der Waals surface area contributed by atoms with Crippen LogP contribution in [0.4, 0.5) is 5.13 Å².